The Balaban J connectivity index is 2.43. The molecule has 1 saturated heterocycles. The number of amides is 1. The Morgan fingerprint density at radius 1 is 1.75 bits per heavy atom. The van der Waals surface area contributed by atoms with Crippen LogP contribution < -0.4 is 16.4 Å². The first-order chi connectivity index (χ1) is 5.53. The number of carbonyl (C=O) groups is 1. The molecule has 0 radical (unpaired) electrons. The molecule has 4 N–H and O–H groups in total. The SMILES string of the molecule is CC(NC1(C)CCNC1)C(N)=O. The molecule has 0 aromatic rings. The summed E-state index contributed by atoms with van der Waals surface area (Å²) < 4.78 is 0. The van der Waals surface area contributed by atoms with Gasteiger partial charge in [-0.2, -0.15) is 0 Å². The summed E-state index contributed by atoms with van der Waals surface area (Å²) in [7, 11) is 0. The summed E-state index contributed by atoms with van der Waals surface area (Å²) in [5.41, 5.74) is 5.19. The second kappa shape index (κ2) is 3.41. The van der Waals surface area contributed by atoms with E-state index in [9.17, 15) is 4.79 Å². The van der Waals surface area contributed by atoms with Crippen molar-refractivity contribution in [2.45, 2.75) is 31.8 Å². The van der Waals surface area contributed by atoms with Crippen LogP contribution in [-0.4, -0.2) is 30.6 Å². The molecule has 0 saturated carbocycles. The highest BCUT2D eigenvalue weighted by Gasteiger charge is 2.30. The molecule has 2 unspecified atom stereocenters. The molecule has 1 fully saturated rings. The van der Waals surface area contributed by atoms with Crippen molar-refractivity contribution in [3.8, 4) is 0 Å². The lowest BCUT2D eigenvalue weighted by Crippen LogP contribution is -2.52. The average Bonchev–Trinajstić information content (AvgIpc) is 2.35. The Labute approximate surface area is 72.9 Å². The van der Waals surface area contributed by atoms with Gasteiger partial charge < -0.3 is 11.1 Å². The Morgan fingerprint density at radius 3 is 2.83 bits per heavy atom. The van der Waals surface area contributed by atoms with Crippen molar-refractivity contribution < 1.29 is 4.79 Å². The van der Waals surface area contributed by atoms with Crippen molar-refractivity contribution >= 4 is 5.91 Å². The number of nitrogens with two attached hydrogens (primary N) is 1. The van der Waals surface area contributed by atoms with Gasteiger partial charge in [-0.25, -0.2) is 0 Å². The fourth-order valence-electron chi connectivity index (χ4n) is 1.53. The van der Waals surface area contributed by atoms with E-state index < -0.39 is 0 Å². The number of carbonyl (C=O) groups excluding carboxylic acids is 1. The van der Waals surface area contributed by atoms with E-state index in [1.54, 1.807) is 6.92 Å². The first-order valence-corrected chi connectivity index (χ1v) is 4.31. The van der Waals surface area contributed by atoms with Crippen LogP contribution in [0.15, 0.2) is 0 Å². The van der Waals surface area contributed by atoms with Gasteiger partial charge in [0.1, 0.15) is 0 Å². The molecule has 4 heteroatoms. The Bertz CT molecular complexity index is 175. The van der Waals surface area contributed by atoms with Crippen LogP contribution in [0.2, 0.25) is 0 Å². The lowest BCUT2D eigenvalue weighted by atomic mass is 10.0. The summed E-state index contributed by atoms with van der Waals surface area (Å²) in [6.45, 7) is 5.82. The average molecular weight is 171 g/mol. The van der Waals surface area contributed by atoms with E-state index in [0.29, 0.717) is 0 Å². The normalized spacial score (nSPS) is 31.8. The van der Waals surface area contributed by atoms with E-state index in [1.165, 1.54) is 0 Å². The van der Waals surface area contributed by atoms with Crippen LogP contribution in [-0.2, 0) is 4.79 Å². The molecular formula is C8H17N3O. The zero-order valence-corrected chi connectivity index (χ0v) is 7.68. The molecule has 2 atom stereocenters. The monoisotopic (exact) mass is 171 g/mol. The molecule has 0 aromatic carbocycles. The lowest BCUT2D eigenvalue weighted by Gasteiger charge is -2.27. The molecule has 4 nitrogen and oxygen atoms in total. The quantitative estimate of drug-likeness (QED) is 0.521. The molecule has 0 aliphatic carbocycles. The standard InChI is InChI=1S/C8H17N3O/c1-6(7(9)12)11-8(2)3-4-10-5-8/h6,10-11H,3-5H2,1-2H3,(H2,9,12). The summed E-state index contributed by atoms with van der Waals surface area (Å²) in [4.78, 5) is 10.8. The van der Waals surface area contributed by atoms with Gasteiger partial charge in [0.2, 0.25) is 5.91 Å². The van der Waals surface area contributed by atoms with Gasteiger partial charge in [0.15, 0.2) is 0 Å². The minimum atomic E-state index is -0.289. The highest BCUT2D eigenvalue weighted by molar-refractivity contribution is 5.79. The van der Waals surface area contributed by atoms with E-state index in [-0.39, 0.29) is 17.5 Å². The van der Waals surface area contributed by atoms with Crippen LogP contribution >= 0.6 is 0 Å². The zero-order valence-electron chi connectivity index (χ0n) is 7.68. The third kappa shape index (κ3) is 2.19. The van der Waals surface area contributed by atoms with Gasteiger partial charge in [0.05, 0.1) is 6.04 Å². The van der Waals surface area contributed by atoms with Crippen molar-refractivity contribution in [2.75, 3.05) is 13.1 Å². The molecule has 1 rings (SSSR count). The van der Waals surface area contributed by atoms with Crippen LogP contribution in [0.1, 0.15) is 20.3 Å². The number of hydrogen-bond donors (Lipinski definition) is 3. The maximum atomic E-state index is 10.8. The zero-order chi connectivity index (χ0) is 9.19. The van der Waals surface area contributed by atoms with Gasteiger partial charge in [0, 0.05) is 12.1 Å². The Morgan fingerprint density at radius 2 is 2.42 bits per heavy atom. The topological polar surface area (TPSA) is 67.2 Å². The van der Waals surface area contributed by atoms with E-state index in [1.807, 2.05) is 0 Å². The smallest absolute Gasteiger partial charge is 0.234 e. The van der Waals surface area contributed by atoms with Crippen molar-refractivity contribution in [2.24, 2.45) is 5.73 Å². The number of primary amides is 1. The third-order valence-electron chi connectivity index (χ3n) is 2.36. The maximum absolute atomic E-state index is 10.8. The number of hydrogen-bond acceptors (Lipinski definition) is 3. The molecule has 1 aliphatic heterocycles. The van der Waals surface area contributed by atoms with Crippen LogP contribution in [0.25, 0.3) is 0 Å². The number of rotatable bonds is 3. The summed E-state index contributed by atoms with van der Waals surface area (Å²) >= 11 is 0. The van der Waals surface area contributed by atoms with Gasteiger partial charge in [-0.05, 0) is 26.8 Å². The van der Waals surface area contributed by atoms with Crippen molar-refractivity contribution in [3.05, 3.63) is 0 Å². The van der Waals surface area contributed by atoms with Crippen LogP contribution in [0.4, 0.5) is 0 Å². The first-order valence-electron chi connectivity index (χ1n) is 4.31. The summed E-state index contributed by atoms with van der Waals surface area (Å²) in [6, 6.07) is -0.241. The predicted octanol–water partition coefficient (Wildman–Crippen LogP) is -0.798. The van der Waals surface area contributed by atoms with Gasteiger partial charge in [-0.15, -0.1) is 0 Å². The van der Waals surface area contributed by atoms with Crippen molar-refractivity contribution in [1.29, 1.82) is 0 Å². The largest absolute Gasteiger partial charge is 0.368 e. The highest BCUT2D eigenvalue weighted by Crippen LogP contribution is 2.13. The van der Waals surface area contributed by atoms with Crippen LogP contribution in [0.5, 0.6) is 0 Å². The van der Waals surface area contributed by atoms with Gasteiger partial charge >= 0.3 is 0 Å². The molecule has 1 heterocycles. The van der Waals surface area contributed by atoms with E-state index >= 15 is 0 Å². The van der Waals surface area contributed by atoms with Crippen LogP contribution in [0, 0.1) is 0 Å². The van der Waals surface area contributed by atoms with E-state index in [4.69, 9.17) is 5.73 Å². The first kappa shape index (κ1) is 9.48. The fourth-order valence-corrected chi connectivity index (χ4v) is 1.53. The second-order valence-electron chi connectivity index (χ2n) is 3.76. The van der Waals surface area contributed by atoms with Gasteiger partial charge in [0.25, 0.3) is 0 Å². The highest BCUT2D eigenvalue weighted by atomic mass is 16.1. The van der Waals surface area contributed by atoms with E-state index in [0.717, 1.165) is 19.5 Å². The Hall–Kier alpha value is -0.610. The second-order valence-corrected chi connectivity index (χ2v) is 3.76. The summed E-state index contributed by atoms with van der Waals surface area (Å²) in [5, 5.41) is 6.46. The molecule has 1 aliphatic rings. The third-order valence-corrected chi connectivity index (χ3v) is 2.36. The van der Waals surface area contributed by atoms with Crippen molar-refractivity contribution in [3.63, 3.8) is 0 Å². The molecule has 12 heavy (non-hydrogen) atoms. The van der Waals surface area contributed by atoms with Crippen LogP contribution in [0.3, 0.4) is 0 Å². The summed E-state index contributed by atoms with van der Waals surface area (Å²) in [5.74, 6) is -0.289. The molecule has 1 amide bonds. The molecule has 0 bridgehead atoms. The molecule has 0 aromatic heterocycles. The number of nitrogens with one attached hydrogen (secondary N) is 2. The van der Waals surface area contributed by atoms with Gasteiger partial charge in [-0.3, -0.25) is 10.1 Å². The van der Waals surface area contributed by atoms with E-state index in [2.05, 4.69) is 17.6 Å². The summed E-state index contributed by atoms with van der Waals surface area (Å²) in [6.07, 6.45) is 1.05. The fraction of sp³-hybridized carbons (Fsp3) is 0.875. The Kier molecular flexibility index (Phi) is 2.69. The minimum absolute atomic E-state index is 0.0362. The maximum Gasteiger partial charge on any atom is 0.234 e. The predicted molar refractivity (Wildman–Crippen MR) is 47.7 cm³/mol. The molecule has 0 spiro atoms. The van der Waals surface area contributed by atoms with Crippen molar-refractivity contribution in [1.82, 2.24) is 10.6 Å². The molecular weight excluding hydrogens is 154 g/mol. The van der Waals surface area contributed by atoms with Gasteiger partial charge in [-0.1, -0.05) is 0 Å². The lowest BCUT2D eigenvalue weighted by molar-refractivity contribution is -0.120. The minimum Gasteiger partial charge on any atom is -0.368 e. The molecule has 70 valence electrons.